The van der Waals surface area contributed by atoms with E-state index in [1.807, 2.05) is 78.9 Å². The number of carbonyl (C=O) groups is 1. The zero-order chi connectivity index (χ0) is 24.3. The molecule has 0 unspecified atom stereocenters. The highest BCUT2D eigenvalue weighted by atomic mass is 16.5. The lowest BCUT2D eigenvalue weighted by Crippen LogP contribution is -2.06. The lowest BCUT2D eigenvalue weighted by atomic mass is 10.1. The van der Waals surface area contributed by atoms with Crippen LogP contribution in [0.15, 0.2) is 84.9 Å². The number of fused-ring (bicyclic) bond motifs is 1. The molecule has 0 amide bonds. The molecule has 0 fully saturated rings. The molecule has 4 rings (SSSR count). The normalized spacial score (nSPS) is 10.4. The fourth-order valence-corrected chi connectivity index (χ4v) is 3.57. The van der Waals surface area contributed by atoms with Crippen LogP contribution >= 0.6 is 0 Å². The molecule has 5 nitrogen and oxygen atoms in total. The maximum atomic E-state index is 12.3. The summed E-state index contributed by atoms with van der Waals surface area (Å²) in [6, 6.07) is 27.4. The summed E-state index contributed by atoms with van der Waals surface area (Å²) in [6.07, 6.45) is 1.49. The van der Waals surface area contributed by atoms with Gasteiger partial charge in [-0.15, -0.1) is 0 Å². The second-order valence-corrected chi connectivity index (χ2v) is 7.92. The quantitative estimate of drug-likeness (QED) is 0.174. The van der Waals surface area contributed by atoms with E-state index in [1.54, 1.807) is 6.07 Å². The van der Waals surface area contributed by atoms with Crippen molar-refractivity contribution in [1.82, 2.24) is 4.98 Å². The molecule has 0 aliphatic rings. The highest BCUT2D eigenvalue weighted by molar-refractivity contribution is 5.96. The van der Waals surface area contributed by atoms with Crippen LogP contribution in [0.1, 0.15) is 40.0 Å². The fraction of sp³-hybridized carbons (Fsp3) is 0.200. The van der Waals surface area contributed by atoms with Gasteiger partial charge in [0.2, 0.25) is 0 Å². The van der Waals surface area contributed by atoms with E-state index in [9.17, 15) is 4.79 Å². The van der Waals surface area contributed by atoms with Gasteiger partial charge in [0.1, 0.15) is 23.6 Å². The van der Waals surface area contributed by atoms with Crippen molar-refractivity contribution in [1.29, 1.82) is 0 Å². The van der Waals surface area contributed by atoms with Gasteiger partial charge in [-0.3, -0.25) is 0 Å². The number of hydrogen-bond acceptors (Lipinski definition) is 5. The van der Waals surface area contributed by atoms with Crippen LogP contribution in [0, 0.1) is 11.8 Å². The van der Waals surface area contributed by atoms with E-state index in [1.165, 1.54) is 7.11 Å². The fourth-order valence-electron chi connectivity index (χ4n) is 3.57. The predicted molar refractivity (Wildman–Crippen MR) is 136 cm³/mol. The average molecular weight is 466 g/mol. The Morgan fingerprint density at radius 3 is 2.31 bits per heavy atom. The first kappa shape index (κ1) is 24.0. The number of methoxy groups -OCH3 is 1. The largest absolute Gasteiger partial charge is 0.487 e. The van der Waals surface area contributed by atoms with Gasteiger partial charge >= 0.3 is 5.97 Å². The summed E-state index contributed by atoms with van der Waals surface area (Å²) in [7, 11) is 1.34. The van der Waals surface area contributed by atoms with Gasteiger partial charge in [-0.1, -0.05) is 84.6 Å². The molecule has 1 heterocycles. The van der Waals surface area contributed by atoms with Gasteiger partial charge in [-0.05, 0) is 29.7 Å². The summed E-state index contributed by atoms with van der Waals surface area (Å²) < 4.78 is 16.7. The molecule has 4 aromatic rings. The van der Waals surface area contributed by atoms with Crippen molar-refractivity contribution < 1.29 is 19.0 Å². The first-order chi connectivity index (χ1) is 17.2. The Hall–Kier alpha value is -4.14. The molecule has 5 heteroatoms. The van der Waals surface area contributed by atoms with Gasteiger partial charge in [-0.2, -0.15) is 0 Å². The minimum atomic E-state index is -0.512. The molecule has 3 aromatic carbocycles. The molecule has 0 saturated carbocycles. The predicted octanol–water partition coefficient (Wildman–Crippen LogP) is 5.95. The molecule has 176 valence electrons. The van der Waals surface area contributed by atoms with E-state index in [-0.39, 0.29) is 5.69 Å². The van der Waals surface area contributed by atoms with E-state index in [4.69, 9.17) is 14.2 Å². The Morgan fingerprint density at radius 1 is 0.886 bits per heavy atom. The Labute approximate surface area is 205 Å². The summed E-state index contributed by atoms with van der Waals surface area (Å²) in [4.78, 5) is 16.8. The van der Waals surface area contributed by atoms with Crippen molar-refractivity contribution in [3.63, 3.8) is 0 Å². The number of rotatable bonds is 9. The molecule has 0 aliphatic heterocycles. The van der Waals surface area contributed by atoms with Gasteiger partial charge < -0.3 is 14.2 Å². The van der Waals surface area contributed by atoms with Crippen LogP contribution in [0.5, 0.6) is 5.75 Å². The van der Waals surface area contributed by atoms with Crippen molar-refractivity contribution >= 4 is 16.9 Å². The first-order valence-corrected chi connectivity index (χ1v) is 11.5. The third-order valence-corrected chi connectivity index (χ3v) is 5.36. The van der Waals surface area contributed by atoms with Crippen LogP contribution in [-0.2, 0) is 22.7 Å². The number of esters is 1. The number of nitrogens with zero attached hydrogens (tertiary/aromatic N) is 1. The molecule has 0 N–H and O–H groups in total. The van der Waals surface area contributed by atoms with Crippen LogP contribution in [-0.4, -0.2) is 24.7 Å². The molecular formula is C30H27NO4. The highest BCUT2D eigenvalue weighted by Gasteiger charge is 2.14. The van der Waals surface area contributed by atoms with Crippen molar-refractivity contribution in [2.75, 3.05) is 13.7 Å². The van der Waals surface area contributed by atoms with Crippen LogP contribution in [0.25, 0.3) is 10.9 Å². The SMILES string of the molecule is COC(=O)c1cc(C#CCCCOCc2ccccc2)c2cccc(OCc3ccccc3)c2n1. The molecule has 35 heavy (non-hydrogen) atoms. The van der Waals surface area contributed by atoms with Gasteiger partial charge in [-0.25, -0.2) is 9.78 Å². The number of benzene rings is 3. The average Bonchev–Trinajstić information content (AvgIpc) is 2.91. The molecule has 1 aromatic heterocycles. The van der Waals surface area contributed by atoms with E-state index in [2.05, 4.69) is 16.8 Å². The zero-order valence-corrected chi connectivity index (χ0v) is 19.7. The van der Waals surface area contributed by atoms with Gasteiger partial charge in [0.05, 0.1) is 13.7 Å². The number of carbonyl (C=O) groups excluding carboxylic acids is 1. The minimum absolute atomic E-state index is 0.200. The standard InChI is InChI=1S/C30H27NO4/c1-33-30(32)27-20-25(16-9-4-10-19-34-21-23-12-5-2-6-13-23)26-17-11-18-28(29(26)31-27)35-22-24-14-7-3-8-15-24/h2-3,5-8,11-15,17-18,20H,4,10,19,21-22H2,1H3. The Balaban J connectivity index is 1.48. The summed E-state index contributed by atoms with van der Waals surface area (Å²) in [5, 5.41) is 0.830. The van der Waals surface area contributed by atoms with Crippen LogP contribution in [0.3, 0.4) is 0 Å². The van der Waals surface area contributed by atoms with Crippen LogP contribution < -0.4 is 4.74 Å². The minimum Gasteiger partial charge on any atom is -0.487 e. The second-order valence-electron chi connectivity index (χ2n) is 7.92. The Bertz CT molecular complexity index is 1320. The maximum absolute atomic E-state index is 12.3. The van der Waals surface area contributed by atoms with E-state index >= 15 is 0 Å². The van der Waals surface area contributed by atoms with Gasteiger partial charge in [0.25, 0.3) is 0 Å². The number of ether oxygens (including phenoxy) is 3. The maximum Gasteiger partial charge on any atom is 0.356 e. The van der Waals surface area contributed by atoms with E-state index in [0.717, 1.165) is 22.9 Å². The Kier molecular flexibility index (Phi) is 8.47. The van der Waals surface area contributed by atoms with E-state index < -0.39 is 5.97 Å². The molecule has 0 saturated heterocycles. The number of unbranched alkanes of at least 4 members (excludes halogenated alkanes) is 1. The molecular weight excluding hydrogens is 438 g/mol. The van der Waals surface area contributed by atoms with E-state index in [0.29, 0.717) is 43.1 Å². The summed E-state index contributed by atoms with van der Waals surface area (Å²) >= 11 is 0. The Morgan fingerprint density at radius 2 is 1.60 bits per heavy atom. The lowest BCUT2D eigenvalue weighted by Gasteiger charge is -2.11. The monoisotopic (exact) mass is 465 g/mol. The summed E-state index contributed by atoms with van der Waals surface area (Å²) in [5.74, 6) is 6.49. The topological polar surface area (TPSA) is 57.7 Å². The highest BCUT2D eigenvalue weighted by Crippen LogP contribution is 2.28. The molecule has 0 spiro atoms. The first-order valence-electron chi connectivity index (χ1n) is 11.5. The van der Waals surface area contributed by atoms with Crippen LogP contribution in [0.2, 0.25) is 0 Å². The van der Waals surface area contributed by atoms with Crippen LogP contribution in [0.4, 0.5) is 0 Å². The summed E-state index contributed by atoms with van der Waals surface area (Å²) in [5.41, 5.74) is 3.70. The van der Waals surface area contributed by atoms with Crippen molar-refractivity contribution in [3.05, 3.63) is 107 Å². The smallest absolute Gasteiger partial charge is 0.356 e. The third kappa shape index (κ3) is 6.69. The lowest BCUT2D eigenvalue weighted by molar-refractivity contribution is 0.0594. The molecule has 0 bridgehead atoms. The second kappa shape index (κ2) is 12.4. The van der Waals surface area contributed by atoms with Gasteiger partial charge in [0, 0.05) is 24.0 Å². The molecule has 0 aliphatic carbocycles. The third-order valence-electron chi connectivity index (χ3n) is 5.36. The van der Waals surface area contributed by atoms with Gasteiger partial charge in [0.15, 0.2) is 0 Å². The van der Waals surface area contributed by atoms with Crippen molar-refractivity contribution in [3.8, 4) is 17.6 Å². The molecule has 0 atom stereocenters. The number of hydrogen-bond donors (Lipinski definition) is 0. The zero-order valence-electron chi connectivity index (χ0n) is 19.7. The summed E-state index contributed by atoms with van der Waals surface area (Å²) in [6.45, 7) is 1.62. The molecule has 0 radical (unpaired) electrons. The number of para-hydroxylation sites is 1. The van der Waals surface area contributed by atoms with Crippen molar-refractivity contribution in [2.24, 2.45) is 0 Å². The number of pyridine rings is 1. The number of aromatic nitrogens is 1. The van der Waals surface area contributed by atoms with Crippen molar-refractivity contribution in [2.45, 2.75) is 26.1 Å².